The van der Waals surface area contributed by atoms with Gasteiger partial charge in [-0.1, -0.05) is 0 Å². The van der Waals surface area contributed by atoms with Gasteiger partial charge in [0.05, 0.1) is 0 Å². The summed E-state index contributed by atoms with van der Waals surface area (Å²) in [5.74, 6) is -3.37. The van der Waals surface area contributed by atoms with Gasteiger partial charge in [0.25, 0.3) is 0 Å². The molecular formula is C18H32NO6P. The van der Waals surface area contributed by atoms with Gasteiger partial charge in [0.15, 0.2) is 0 Å². The molecule has 8 heteroatoms. The van der Waals surface area contributed by atoms with E-state index >= 15 is 0 Å². The molecule has 0 bridgehead atoms. The molecule has 0 aromatic carbocycles. The third-order valence-corrected chi connectivity index (χ3v) is 6.60. The van der Waals surface area contributed by atoms with Gasteiger partial charge in [-0.25, -0.2) is 0 Å². The summed E-state index contributed by atoms with van der Waals surface area (Å²) in [5, 5.41) is 34.4. The van der Waals surface area contributed by atoms with Gasteiger partial charge in [0, 0.05) is 0 Å². The summed E-state index contributed by atoms with van der Waals surface area (Å²) in [6, 6.07) is 0. The summed E-state index contributed by atoms with van der Waals surface area (Å²) >= 11 is 0. The number of rotatable bonds is 7. The number of carbonyl (C=O) groups is 2. The van der Waals surface area contributed by atoms with Crippen LogP contribution in [0.15, 0.2) is 12.2 Å². The van der Waals surface area contributed by atoms with E-state index in [-0.39, 0.29) is 13.0 Å². The van der Waals surface area contributed by atoms with Crippen molar-refractivity contribution >= 4 is 19.4 Å². The van der Waals surface area contributed by atoms with Gasteiger partial charge in [-0.2, -0.15) is 0 Å². The molecule has 4 N–H and O–H groups in total. The van der Waals surface area contributed by atoms with Crippen LogP contribution < -0.4 is 5.32 Å². The van der Waals surface area contributed by atoms with Gasteiger partial charge in [-0.3, -0.25) is 0 Å². The van der Waals surface area contributed by atoms with Crippen LogP contribution in [-0.4, -0.2) is 71.0 Å². The van der Waals surface area contributed by atoms with Gasteiger partial charge in [-0.05, 0) is 0 Å². The van der Waals surface area contributed by atoms with Crippen LogP contribution >= 0.6 is 7.49 Å². The summed E-state index contributed by atoms with van der Waals surface area (Å²) in [7, 11) is -1.79. The number of hydrogen-bond donors (Lipinski definition) is 4. The molecule has 2 aliphatic rings. The Morgan fingerprint density at radius 3 is 2.62 bits per heavy atom. The number of allylic oxidation sites excluding steroid dienone is 1. The summed E-state index contributed by atoms with van der Waals surface area (Å²) in [5.41, 5.74) is -4.08. The number of carboxylic acids is 1. The molecule has 2 rings (SSSR count). The first-order valence-corrected chi connectivity index (χ1v) is 12.6. The van der Waals surface area contributed by atoms with Gasteiger partial charge >= 0.3 is 155 Å². The SMILES string of the molecule is C[C@]1(O)[C@@H](CCO[PH](C)(C)C)C(=O)N[C@]1(C(=O)O)[C@H](O)[C@@H]1C=CCCC1. The summed E-state index contributed by atoms with van der Waals surface area (Å²) in [6.45, 7) is 7.63. The van der Waals surface area contributed by atoms with E-state index in [1.807, 2.05) is 26.1 Å². The van der Waals surface area contributed by atoms with Crippen molar-refractivity contribution in [1.29, 1.82) is 0 Å². The third-order valence-electron chi connectivity index (χ3n) is 5.53. The van der Waals surface area contributed by atoms with Crippen molar-refractivity contribution in [3.63, 3.8) is 0 Å². The molecule has 1 aliphatic heterocycles. The quantitative estimate of drug-likeness (QED) is 0.381. The Kier molecular flexibility index (Phi) is 6.18. The maximum absolute atomic E-state index is 12.5. The van der Waals surface area contributed by atoms with E-state index in [0.717, 1.165) is 12.8 Å². The Hall–Kier alpha value is -1.01. The van der Waals surface area contributed by atoms with Crippen LogP contribution in [-0.2, 0) is 14.1 Å². The van der Waals surface area contributed by atoms with E-state index in [9.17, 15) is 24.9 Å². The average Bonchev–Trinajstić information content (AvgIpc) is 2.74. The number of carboxylic acid groups (broad SMARTS) is 1. The molecule has 1 heterocycles. The summed E-state index contributed by atoms with van der Waals surface area (Å²) in [6.07, 6.45) is 4.78. The molecule has 0 aromatic rings. The Labute approximate surface area is 155 Å². The predicted molar refractivity (Wildman–Crippen MR) is 102 cm³/mol. The average molecular weight is 389 g/mol. The molecule has 0 spiro atoms. The summed E-state index contributed by atoms with van der Waals surface area (Å²) < 4.78 is 5.77. The zero-order valence-corrected chi connectivity index (χ0v) is 17.0. The predicted octanol–water partition coefficient (Wildman–Crippen LogP) is 0.985. The molecule has 0 radical (unpaired) electrons. The molecule has 150 valence electrons. The van der Waals surface area contributed by atoms with Crippen LogP contribution in [0.25, 0.3) is 0 Å². The Morgan fingerprint density at radius 1 is 1.46 bits per heavy atom. The van der Waals surface area contributed by atoms with Crippen molar-refractivity contribution < 1.29 is 29.4 Å². The number of aliphatic hydroxyl groups excluding tert-OH is 1. The first kappa shape index (κ1) is 21.3. The van der Waals surface area contributed by atoms with E-state index in [0.29, 0.717) is 6.42 Å². The maximum atomic E-state index is 12.5. The van der Waals surface area contributed by atoms with Crippen LogP contribution in [0.1, 0.15) is 32.6 Å². The van der Waals surface area contributed by atoms with Gasteiger partial charge in [0.1, 0.15) is 0 Å². The first-order valence-electron chi connectivity index (χ1n) is 9.20. The van der Waals surface area contributed by atoms with Crippen LogP contribution in [0.3, 0.4) is 0 Å². The minimum atomic E-state index is -2.14. The number of nitrogens with one attached hydrogen (secondary N) is 1. The van der Waals surface area contributed by atoms with E-state index < -0.39 is 48.4 Å². The van der Waals surface area contributed by atoms with Crippen molar-refractivity contribution in [3.8, 4) is 0 Å². The molecule has 1 saturated heterocycles. The van der Waals surface area contributed by atoms with Crippen LogP contribution in [0.2, 0.25) is 0 Å². The fourth-order valence-electron chi connectivity index (χ4n) is 4.03. The topological polar surface area (TPSA) is 116 Å². The van der Waals surface area contributed by atoms with Crippen LogP contribution in [0.5, 0.6) is 0 Å². The van der Waals surface area contributed by atoms with Crippen molar-refractivity contribution in [2.24, 2.45) is 11.8 Å². The normalized spacial score (nSPS) is 36.6. The Bertz CT molecular complexity index is 585. The standard InChI is InChI=1S/C18H32NO6P/c1-17(24)13(10-11-25-26(2,3)4)15(21)19-18(17,16(22)23)14(20)12-8-6-5-7-9-12/h6,8,12-14,20,24,26H,5,7,9-11H2,1-4H3,(H,19,21)(H,22,23)/t12-,13+,14-,17+,18+/m1/s1. The van der Waals surface area contributed by atoms with Crippen LogP contribution in [0, 0.1) is 11.8 Å². The third kappa shape index (κ3) is 3.81. The second-order valence-corrected chi connectivity index (χ2v) is 13.0. The molecule has 26 heavy (non-hydrogen) atoms. The molecular weight excluding hydrogens is 357 g/mol. The molecule has 7 nitrogen and oxygen atoms in total. The molecule has 0 unspecified atom stereocenters. The molecule has 5 atom stereocenters. The van der Waals surface area contributed by atoms with Crippen LogP contribution in [0.4, 0.5) is 0 Å². The number of aliphatic hydroxyl groups is 2. The number of carbonyl (C=O) groups excluding carboxylic acids is 1. The zero-order chi connectivity index (χ0) is 19.8. The van der Waals surface area contributed by atoms with Crippen molar-refractivity contribution in [2.75, 3.05) is 26.6 Å². The van der Waals surface area contributed by atoms with E-state index in [1.165, 1.54) is 6.92 Å². The Morgan fingerprint density at radius 2 is 2.12 bits per heavy atom. The monoisotopic (exact) mass is 389 g/mol. The molecule has 0 saturated carbocycles. The van der Waals surface area contributed by atoms with Crippen molar-refractivity contribution in [2.45, 2.75) is 49.9 Å². The fraction of sp³-hybridized carbons (Fsp3) is 0.778. The van der Waals surface area contributed by atoms with E-state index in [4.69, 9.17) is 4.52 Å². The number of aliphatic carboxylic acids is 1. The van der Waals surface area contributed by atoms with Gasteiger partial charge in [0.2, 0.25) is 0 Å². The number of hydrogen-bond acceptors (Lipinski definition) is 5. The van der Waals surface area contributed by atoms with E-state index in [2.05, 4.69) is 5.32 Å². The second-order valence-electron chi connectivity index (χ2n) is 8.52. The zero-order valence-electron chi connectivity index (χ0n) is 16.0. The second kappa shape index (κ2) is 7.55. The van der Waals surface area contributed by atoms with E-state index in [1.54, 1.807) is 6.08 Å². The fourth-order valence-corrected chi connectivity index (χ4v) is 4.76. The summed E-state index contributed by atoms with van der Waals surface area (Å²) in [4.78, 5) is 24.7. The minimum absolute atomic E-state index is 0.200. The molecule has 1 aliphatic carbocycles. The van der Waals surface area contributed by atoms with Crippen molar-refractivity contribution in [3.05, 3.63) is 12.2 Å². The molecule has 1 fully saturated rings. The number of amides is 1. The van der Waals surface area contributed by atoms with Gasteiger partial charge in [-0.15, -0.1) is 0 Å². The van der Waals surface area contributed by atoms with Gasteiger partial charge < -0.3 is 0 Å². The molecule has 1 amide bonds. The first-order chi connectivity index (χ1) is 11.9. The Balaban J connectivity index is 2.29. The molecule has 0 aromatic heterocycles. The van der Waals surface area contributed by atoms with Crippen molar-refractivity contribution in [1.82, 2.24) is 5.32 Å².